The highest BCUT2D eigenvalue weighted by Gasteiger charge is 2.21. The van der Waals surface area contributed by atoms with Crippen LogP contribution in [-0.2, 0) is 0 Å². The minimum atomic E-state index is -0.0937. The average molecular weight is 283 g/mol. The molecule has 5 nitrogen and oxygen atoms in total. The van der Waals surface area contributed by atoms with E-state index in [0.29, 0.717) is 16.5 Å². The molecule has 0 radical (unpaired) electrons. The number of likely N-dealkylation sites (N-methyl/N-ethyl adjacent to an activating group) is 1. The predicted octanol–water partition coefficient (Wildman–Crippen LogP) is 1.60. The van der Waals surface area contributed by atoms with Crippen LogP contribution in [-0.4, -0.2) is 48.5 Å². The van der Waals surface area contributed by atoms with E-state index >= 15 is 0 Å². The summed E-state index contributed by atoms with van der Waals surface area (Å²) in [5, 5.41) is 6.41. The van der Waals surface area contributed by atoms with E-state index in [2.05, 4.69) is 27.6 Å². The second-order valence-corrected chi connectivity index (χ2v) is 5.20. The molecule has 2 rings (SSSR count). The Balaban J connectivity index is 2.05. The van der Waals surface area contributed by atoms with Gasteiger partial charge in [0.2, 0.25) is 0 Å². The number of amides is 1. The minimum absolute atomic E-state index is 0.0937. The third-order valence-electron chi connectivity index (χ3n) is 3.14. The molecule has 0 aromatic carbocycles. The van der Waals surface area contributed by atoms with Gasteiger partial charge in [0, 0.05) is 24.7 Å². The second-order valence-electron chi connectivity index (χ2n) is 4.82. The lowest BCUT2D eigenvalue weighted by Crippen LogP contribution is -2.36. The SMILES string of the molecule is CCNc1cc(C(=O)NC2CCN(C)C2)cc(Cl)n1. The molecule has 0 saturated carbocycles. The van der Waals surface area contributed by atoms with Crippen LogP contribution in [0.25, 0.3) is 0 Å². The van der Waals surface area contributed by atoms with Crippen molar-refractivity contribution in [2.24, 2.45) is 0 Å². The number of rotatable bonds is 4. The number of likely N-dealkylation sites (tertiary alicyclic amines) is 1. The van der Waals surface area contributed by atoms with Gasteiger partial charge in [0.05, 0.1) is 0 Å². The highest BCUT2D eigenvalue weighted by Crippen LogP contribution is 2.15. The topological polar surface area (TPSA) is 57.3 Å². The fourth-order valence-corrected chi connectivity index (χ4v) is 2.43. The van der Waals surface area contributed by atoms with Crippen molar-refractivity contribution in [2.75, 3.05) is 32.0 Å². The van der Waals surface area contributed by atoms with Gasteiger partial charge in [0.25, 0.3) is 5.91 Å². The van der Waals surface area contributed by atoms with Crippen LogP contribution in [0, 0.1) is 0 Å². The lowest BCUT2D eigenvalue weighted by atomic mass is 10.2. The van der Waals surface area contributed by atoms with Crippen molar-refractivity contribution < 1.29 is 4.79 Å². The van der Waals surface area contributed by atoms with Gasteiger partial charge in [-0.05, 0) is 39.1 Å². The van der Waals surface area contributed by atoms with E-state index < -0.39 is 0 Å². The Hall–Kier alpha value is -1.33. The summed E-state index contributed by atoms with van der Waals surface area (Å²) in [6, 6.07) is 3.53. The Morgan fingerprint density at radius 1 is 1.58 bits per heavy atom. The van der Waals surface area contributed by atoms with Crippen LogP contribution in [0.3, 0.4) is 0 Å². The molecule has 1 aliphatic heterocycles. The maximum atomic E-state index is 12.2. The molecule has 104 valence electrons. The summed E-state index contributed by atoms with van der Waals surface area (Å²) in [5.41, 5.74) is 0.547. The summed E-state index contributed by atoms with van der Waals surface area (Å²) in [7, 11) is 2.05. The fraction of sp³-hybridized carbons (Fsp3) is 0.538. The zero-order valence-electron chi connectivity index (χ0n) is 11.2. The first-order valence-corrected chi connectivity index (χ1v) is 6.87. The summed E-state index contributed by atoms with van der Waals surface area (Å²) in [4.78, 5) is 18.5. The molecule has 1 aromatic rings. The molecule has 1 aromatic heterocycles. The first kappa shape index (κ1) is 14.1. The van der Waals surface area contributed by atoms with Gasteiger partial charge >= 0.3 is 0 Å². The zero-order valence-corrected chi connectivity index (χ0v) is 12.0. The molecular weight excluding hydrogens is 264 g/mol. The van der Waals surface area contributed by atoms with Crippen LogP contribution in [0.1, 0.15) is 23.7 Å². The molecule has 1 amide bonds. The molecule has 2 heterocycles. The first-order chi connectivity index (χ1) is 9.08. The third kappa shape index (κ3) is 3.81. The van der Waals surface area contributed by atoms with Gasteiger partial charge < -0.3 is 15.5 Å². The highest BCUT2D eigenvalue weighted by atomic mass is 35.5. The second kappa shape index (κ2) is 6.21. The van der Waals surface area contributed by atoms with Crippen molar-refractivity contribution in [3.8, 4) is 0 Å². The highest BCUT2D eigenvalue weighted by molar-refractivity contribution is 6.29. The number of hydrogen-bond acceptors (Lipinski definition) is 4. The molecule has 1 unspecified atom stereocenters. The Morgan fingerprint density at radius 3 is 3.00 bits per heavy atom. The van der Waals surface area contributed by atoms with Gasteiger partial charge in [-0.1, -0.05) is 11.6 Å². The molecule has 1 atom stereocenters. The summed E-state index contributed by atoms with van der Waals surface area (Å²) < 4.78 is 0. The summed E-state index contributed by atoms with van der Waals surface area (Å²) >= 11 is 5.93. The van der Waals surface area contributed by atoms with Crippen molar-refractivity contribution in [3.05, 3.63) is 22.8 Å². The quantitative estimate of drug-likeness (QED) is 0.824. The molecule has 19 heavy (non-hydrogen) atoms. The van der Waals surface area contributed by atoms with E-state index in [4.69, 9.17) is 11.6 Å². The first-order valence-electron chi connectivity index (χ1n) is 6.49. The maximum Gasteiger partial charge on any atom is 0.251 e. The number of carbonyl (C=O) groups is 1. The van der Waals surface area contributed by atoms with Gasteiger partial charge in [0.1, 0.15) is 11.0 Å². The van der Waals surface area contributed by atoms with Gasteiger partial charge in [-0.2, -0.15) is 0 Å². The van der Waals surface area contributed by atoms with Crippen molar-refractivity contribution in [1.82, 2.24) is 15.2 Å². The largest absolute Gasteiger partial charge is 0.370 e. The number of nitrogens with one attached hydrogen (secondary N) is 2. The Morgan fingerprint density at radius 2 is 2.37 bits per heavy atom. The van der Waals surface area contributed by atoms with Crippen LogP contribution in [0.5, 0.6) is 0 Å². The van der Waals surface area contributed by atoms with Crippen LogP contribution in [0.15, 0.2) is 12.1 Å². The number of anilines is 1. The lowest BCUT2D eigenvalue weighted by molar-refractivity contribution is 0.0938. The molecule has 1 fully saturated rings. The number of carbonyl (C=O) groups excluding carboxylic acids is 1. The van der Waals surface area contributed by atoms with Crippen LogP contribution >= 0.6 is 11.6 Å². The maximum absolute atomic E-state index is 12.2. The molecule has 1 saturated heterocycles. The molecule has 2 N–H and O–H groups in total. The van der Waals surface area contributed by atoms with E-state index in [9.17, 15) is 4.79 Å². The number of halogens is 1. The summed E-state index contributed by atoms with van der Waals surface area (Å²) in [5.74, 6) is 0.535. The fourth-order valence-electron chi connectivity index (χ4n) is 2.22. The van der Waals surface area contributed by atoms with E-state index in [0.717, 1.165) is 26.1 Å². The predicted molar refractivity (Wildman–Crippen MR) is 76.8 cm³/mol. The number of hydrogen-bond donors (Lipinski definition) is 2. The van der Waals surface area contributed by atoms with E-state index in [1.165, 1.54) is 0 Å². The number of pyridine rings is 1. The van der Waals surface area contributed by atoms with Gasteiger partial charge in [0.15, 0.2) is 0 Å². The normalized spacial score (nSPS) is 19.4. The minimum Gasteiger partial charge on any atom is -0.370 e. The lowest BCUT2D eigenvalue weighted by Gasteiger charge is -2.13. The van der Waals surface area contributed by atoms with Gasteiger partial charge in [-0.25, -0.2) is 4.98 Å². The monoisotopic (exact) mass is 282 g/mol. The number of nitrogens with zero attached hydrogens (tertiary/aromatic N) is 2. The van der Waals surface area contributed by atoms with E-state index in [-0.39, 0.29) is 11.9 Å². The van der Waals surface area contributed by atoms with Gasteiger partial charge in [-0.15, -0.1) is 0 Å². The van der Waals surface area contributed by atoms with Crippen molar-refractivity contribution in [2.45, 2.75) is 19.4 Å². The van der Waals surface area contributed by atoms with Crippen molar-refractivity contribution in [1.29, 1.82) is 0 Å². The van der Waals surface area contributed by atoms with Crippen LogP contribution in [0.2, 0.25) is 5.15 Å². The third-order valence-corrected chi connectivity index (χ3v) is 3.33. The molecule has 1 aliphatic rings. The Labute approximate surface area is 118 Å². The summed E-state index contributed by atoms with van der Waals surface area (Å²) in [6.45, 7) is 4.62. The molecular formula is C13H19ClN4O. The van der Waals surface area contributed by atoms with Crippen LogP contribution in [0.4, 0.5) is 5.82 Å². The smallest absolute Gasteiger partial charge is 0.251 e. The standard InChI is InChI=1S/C13H19ClN4O/c1-3-15-12-7-9(6-11(14)17-12)13(19)16-10-4-5-18(2)8-10/h6-7,10H,3-5,8H2,1-2H3,(H,15,17)(H,16,19). The van der Waals surface area contributed by atoms with Crippen molar-refractivity contribution in [3.63, 3.8) is 0 Å². The molecule has 0 bridgehead atoms. The average Bonchev–Trinajstić information content (AvgIpc) is 2.74. The molecule has 0 aliphatic carbocycles. The zero-order chi connectivity index (χ0) is 13.8. The Kier molecular flexibility index (Phi) is 4.61. The van der Waals surface area contributed by atoms with E-state index in [1.54, 1.807) is 12.1 Å². The summed E-state index contributed by atoms with van der Waals surface area (Å²) in [6.07, 6.45) is 0.987. The van der Waals surface area contributed by atoms with Crippen LogP contribution < -0.4 is 10.6 Å². The number of aromatic nitrogens is 1. The molecule has 6 heteroatoms. The van der Waals surface area contributed by atoms with Crippen molar-refractivity contribution >= 4 is 23.3 Å². The van der Waals surface area contributed by atoms with E-state index in [1.807, 2.05) is 6.92 Å². The molecule has 0 spiro atoms. The Bertz CT molecular complexity index is 466. The van der Waals surface area contributed by atoms with Gasteiger partial charge in [-0.3, -0.25) is 4.79 Å².